The van der Waals surface area contributed by atoms with Crippen LogP contribution in [0.5, 0.6) is 0 Å². The lowest BCUT2D eigenvalue weighted by atomic mass is 10.2. The Morgan fingerprint density at radius 1 is 1.31 bits per heavy atom. The molecule has 0 amide bonds. The van der Waals surface area contributed by atoms with Gasteiger partial charge in [-0.3, -0.25) is 0 Å². The first-order valence-corrected chi connectivity index (χ1v) is 5.55. The fourth-order valence-corrected chi connectivity index (χ4v) is 2.22. The molecule has 1 saturated carbocycles. The van der Waals surface area contributed by atoms with Gasteiger partial charge < -0.3 is 10.4 Å². The van der Waals surface area contributed by atoms with Gasteiger partial charge in [-0.15, -0.1) is 0 Å². The maximum Gasteiger partial charge on any atom is 0.150 e. The lowest BCUT2D eigenvalue weighted by Crippen LogP contribution is -2.28. The van der Waals surface area contributed by atoms with Crippen molar-refractivity contribution >= 4 is 17.3 Å². The summed E-state index contributed by atoms with van der Waals surface area (Å²) >= 11 is 5.74. The number of rotatable bonds is 2. The van der Waals surface area contributed by atoms with E-state index in [2.05, 4.69) is 5.32 Å². The van der Waals surface area contributed by atoms with Crippen LogP contribution < -0.4 is 5.32 Å². The molecule has 0 aliphatic heterocycles. The van der Waals surface area contributed by atoms with E-state index in [0.717, 1.165) is 25.0 Å². The minimum atomic E-state index is -0.732. The predicted molar refractivity (Wildman–Crippen MR) is 58.6 cm³/mol. The lowest BCUT2D eigenvalue weighted by Gasteiger charge is -2.19. The monoisotopic (exact) mass is 247 g/mol. The van der Waals surface area contributed by atoms with Crippen molar-refractivity contribution < 1.29 is 13.9 Å². The summed E-state index contributed by atoms with van der Waals surface area (Å²) in [6.45, 7) is 0. The van der Waals surface area contributed by atoms with Gasteiger partial charge in [0.2, 0.25) is 0 Å². The van der Waals surface area contributed by atoms with Crippen molar-refractivity contribution in [3.8, 4) is 0 Å². The number of halogens is 3. The van der Waals surface area contributed by atoms with Crippen LogP contribution in [-0.4, -0.2) is 17.3 Å². The van der Waals surface area contributed by atoms with Crippen LogP contribution in [0.2, 0.25) is 5.02 Å². The van der Waals surface area contributed by atoms with Crippen LogP contribution in [0.1, 0.15) is 19.3 Å². The minimum Gasteiger partial charge on any atom is -0.391 e. The third kappa shape index (κ3) is 2.28. The zero-order valence-corrected chi connectivity index (χ0v) is 9.27. The molecule has 0 heterocycles. The first-order chi connectivity index (χ1) is 7.58. The van der Waals surface area contributed by atoms with Gasteiger partial charge in [-0.25, -0.2) is 8.78 Å². The number of aliphatic hydroxyl groups is 1. The molecule has 0 aromatic heterocycles. The second-order valence-corrected chi connectivity index (χ2v) is 4.40. The molecule has 1 aromatic rings. The number of nitrogens with one attached hydrogen (secondary N) is 1. The molecule has 5 heteroatoms. The molecule has 2 nitrogen and oxygen atoms in total. The Morgan fingerprint density at radius 2 is 2.06 bits per heavy atom. The Morgan fingerprint density at radius 3 is 2.62 bits per heavy atom. The number of benzene rings is 1. The van der Waals surface area contributed by atoms with Crippen LogP contribution in [0.3, 0.4) is 0 Å². The molecule has 0 radical (unpaired) electrons. The van der Waals surface area contributed by atoms with Crippen molar-refractivity contribution in [2.24, 2.45) is 0 Å². The van der Waals surface area contributed by atoms with E-state index in [0.29, 0.717) is 6.42 Å². The lowest BCUT2D eigenvalue weighted by molar-refractivity contribution is 0.171. The summed E-state index contributed by atoms with van der Waals surface area (Å²) < 4.78 is 26.2. The maximum atomic E-state index is 13.4. The number of hydrogen-bond acceptors (Lipinski definition) is 2. The molecule has 0 unspecified atom stereocenters. The summed E-state index contributed by atoms with van der Waals surface area (Å²) in [5, 5.41) is 12.4. The van der Waals surface area contributed by atoms with Gasteiger partial charge in [-0.2, -0.15) is 0 Å². The van der Waals surface area contributed by atoms with Crippen molar-refractivity contribution in [1.29, 1.82) is 0 Å². The second kappa shape index (κ2) is 4.55. The standard InChI is InChI=1S/C11H12ClF2NO/c12-7-4-6(13)5-8(14)11(7)15-9-2-1-3-10(9)16/h4-5,9-10,15-16H,1-3H2/t9-,10-/m1/s1. The van der Waals surface area contributed by atoms with Crippen LogP contribution in [0.15, 0.2) is 12.1 Å². The molecule has 1 aliphatic rings. The topological polar surface area (TPSA) is 32.3 Å². The quantitative estimate of drug-likeness (QED) is 0.842. The van der Waals surface area contributed by atoms with Crippen LogP contribution >= 0.6 is 11.6 Å². The van der Waals surface area contributed by atoms with E-state index in [1.807, 2.05) is 0 Å². The van der Waals surface area contributed by atoms with Gasteiger partial charge in [0.25, 0.3) is 0 Å². The molecule has 88 valence electrons. The van der Waals surface area contributed by atoms with E-state index >= 15 is 0 Å². The highest BCUT2D eigenvalue weighted by atomic mass is 35.5. The smallest absolute Gasteiger partial charge is 0.150 e. The first-order valence-electron chi connectivity index (χ1n) is 5.17. The van der Waals surface area contributed by atoms with Crippen molar-refractivity contribution in [3.05, 3.63) is 28.8 Å². The summed E-state index contributed by atoms with van der Waals surface area (Å²) in [5.74, 6) is -1.44. The molecule has 1 aromatic carbocycles. The van der Waals surface area contributed by atoms with Gasteiger partial charge >= 0.3 is 0 Å². The summed E-state index contributed by atoms with van der Waals surface area (Å²) in [6, 6.07) is 1.61. The third-order valence-corrected chi connectivity index (χ3v) is 3.11. The SMILES string of the molecule is O[C@@H]1CCC[C@H]1Nc1c(F)cc(F)cc1Cl. The van der Waals surface area contributed by atoms with Crippen molar-refractivity contribution in [2.75, 3.05) is 5.32 Å². The zero-order chi connectivity index (χ0) is 11.7. The van der Waals surface area contributed by atoms with Crippen molar-refractivity contribution in [3.63, 3.8) is 0 Å². The largest absolute Gasteiger partial charge is 0.391 e. The third-order valence-electron chi connectivity index (χ3n) is 2.82. The molecule has 2 N–H and O–H groups in total. The highest BCUT2D eigenvalue weighted by molar-refractivity contribution is 6.33. The number of anilines is 1. The molecule has 0 bridgehead atoms. The summed E-state index contributed by atoms with van der Waals surface area (Å²) in [4.78, 5) is 0. The Kier molecular flexibility index (Phi) is 3.30. The molecule has 16 heavy (non-hydrogen) atoms. The van der Waals surface area contributed by atoms with E-state index < -0.39 is 17.7 Å². The minimum absolute atomic E-state index is 0.00315. The summed E-state index contributed by atoms with van der Waals surface area (Å²) in [7, 11) is 0. The van der Waals surface area contributed by atoms with Crippen molar-refractivity contribution in [2.45, 2.75) is 31.4 Å². The molecular formula is C11H12ClF2NO. The maximum absolute atomic E-state index is 13.4. The zero-order valence-electron chi connectivity index (χ0n) is 8.51. The Bertz CT molecular complexity index is 377. The van der Waals surface area contributed by atoms with Crippen LogP contribution in [-0.2, 0) is 0 Å². The fourth-order valence-electron chi connectivity index (χ4n) is 1.97. The Balaban J connectivity index is 2.21. The average Bonchev–Trinajstić information content (AvgIpc) is 2.57. The summed E-state index contributed by atoms with van der Waals surface area (Å²) in [5.41, 5.74) is 0.0639. The highest BCUT2D eigenvalue weighted by Gasteiger charge is 2.26. The van der Waals surface area contributed by atoms with Gasteiger partial charge in [-0.1, -0.05) is 11.6 Å². The van der Waals surface area contributed by atoms with E-state index in [1.165, 1.54) is 0 Å². The Hall–Kier alpha value is -0.870. The van der Waals surface area contributed by atoms with Gasteiger partial charge in [0.15, 0.2) is 5.82 Å². The van der Waals surface area contributed by atoms with Gasteiger partial charge in [-0.05, 0) is 25.3 Å². The van der Waals surface area contributed by atoms with Gasteiger partial charge in [0.05, 0.1) is 22.9 Å². The molecular weight excluding hydrogens is 236 g/mol. The van der Waals surface area contributed by atoms with Crippen molar-refractivity contribution in [1.82, 2.24) is 0 Å². The number of aliphatic hydroxyl groups excluding tert-OH is 1. The first kappa shape index (κ1) is 11.6. The number of hydrogen-bond donors (Lipinski definition) is 2. The molecule has 0 saturated heterocycles. The second-order valence-electron chi connectivity index (χ2n) is 3.99. The van der Waals surface area contributed by atoms with Gasteiger partial charge in [0.1, 0.15) is 5.82 Å². The van der Waals surface area contributed by atoms with Crippen LogP contribution in [0.4, 0.5) is 14.5 Å². The molecule has 1 aliphatic carbocycles. The molecule has 2 atom stereocenters. The molecule has 1 fully saturated rings. The molecule has 2 rings (SSSR count). The van der Waals surface area contributed by atoms with E-state index in [9.17, 15) is 13.9 Å². The fraction of sp³-hybridized carbons (Fsp3) is 0.455. The normalized spacial score (nSPS) is 24.8. The van der Waals surface area contributed by atoms with E-state index in [4.69, 9.17) is 11.6 Å². The van der Waals surface area contributed by atoms with Crippen LogP contribution in [0.25, 0.3) is 0 Å². The highest BCUT2D eigenvalue weighted by Crippen LogP contribution is 2.30. The molecule has 0 spiro atoms. The van der Waals surface area contributed by atoms with E-state index in [1.54, 1.807) is 0 Å². The van der Waals surface area contributed by atoms with E-state index in [-0.39, 0.29) is 16.8 Å². The predicted octanol–water partition coefficient (Wildman–Crippen LogP) is 2.94. The average molecular weight is 248 g/mol. The van der Waals surface area contributed by atoms with Crippen LogP contribution in [0, 0.1) is 11.6 Å². The Labute approximate surface area is 97.2 Å². The van der Waals surface area contributed by atoms with Gasteiger partial charge in [0, 0.05) is 6.07 Å². The summed E-state index contributed by atoms with van der Waals surface area (Å²) in [6.07, 6.45) is 1.84.